The lowest BCUT2D eigenvalue weighted by atomic mass is 9.74. The Balaban J connectivity index is 1.50. The molecule has 0 atom stereocenters. The number of carbonyl (C=O) groups excluding carboxylic acids is 1. The monoisotopic (exact) mass is 414 g/mol. The third kappa shape index (κ3) is 4.16. The maximum absolute atomic E-state index is 13.1. The van der Waals surface area contributed by atoms with Crippen LogP contribution in [0.1, 0.15) is 28.9 Å². The first-order chi connectivity index (χ1) is 14.1. The Kier molecular flexibility index (Phi) is 5.60. The molecule has 1 saturated heterocycles. The first-order valence-corrected chi connectivity index (χ1v) is 9.74. The van der Waals surface area contributed by atoms with Crippen LogP contribution in [0.4, 0.5) is 4.39 Å². The van der Waals surface area contributed by atoms with Crippen molar-refractivity contribution < 1.29 is 13.9 Å². The summed E-state index contributed by atoms with van der Waals surface area (Å²) in [6, 6.07) is 13.5. The summed E-state index contributed by atoms with van der Waals surface area (Å²) in [5.41, 5.74) is 1.53. The van der Waals surface area contributed by atoms with Gasteiger partial charge in [-0.15, -0.1) is 5.10 Å². The van der Waals surface area contributed by atoms with Gasteiger partial charge in [-0.3, -0.25) is 4.79 Å². The molecule has 4 rings (SSSR count). The minimum Gasteiger partial charge on any atom is -0.381 e. The van der Waals surface area contributed by atoms with Crippen LogP contribution >= 0.6 is 11.6 Å². The van der Waals surface area contributed by atoms with E-state index in [1.807, 2.05) is 24.3 Å². The Morgan fingerprint density at radius 2 is 1.90 bits per heavy atom. The van der Waals surface area contributed by atoms with Crippen molar-refractivity contribution in [2.75, 3.05) is 19.8 Å². The average molecular weight is 415 g/mol. The van der Waals surface area contributed by atoms with Crippen LogP contribution in [0.2, 0.25) is 5.02 Å². The molecule has 0 spiro atoms. The fraction of sp³-hybridized carbons (Fsp3) is 0.286. The second kappa shape index (κ2) is 8.31. The molecule has 3 aromatic rings. The predicted molar refractivity (Wildman–Crippen MR) is 107 cm³/mol. The number of benzene rings is 2. The number of rotatable bonds is 5. The van der Waals surface area contributed by atoms with Gasteiger partial charge < -0.3 is 10.1 Å². The minimum atomic E-state index is -0.340. The number of nitrogens with one attached hydrogen (secondary N) is 1. The Hall–Kier alpha value is -2.77. The second-order valence-electron chi connectivity index (χ2n) is 7.08. The highest BCUT2D eigenvalue weighted by Gasteiger charge is 2.36. The Morgan fingerprint density at radius 1 is 1.17 bits per heavy atom. The highest BCUT2D eigenvalue weighted by Crippen LogP contribution is 2.38. The lowest BCUT2D eigenvalue weighted by Crippen LogP contribution is -2.44. The second-order valence-corrected chi connectivity index (χ2v) is 7.49. The van der Waals surface area contributed by atoms with Crippen LogP contribution in [0.15, 0.2) is 54.7 Å². The number of aromatic nitrogens is 3. The zero-order valence-corrected chi connectivity index (χ0v) is 16.4. The van der Waals surface area contributed by atoms with Crippen molar-refractivity contribution >= 4 is 17.5 Å². The van der Waals surface area contributed by atoms with E-state index in [4.69, 9.17) is 16.3 Å². The van der Waals surface area contributed by atoms with Crippen molar-refractivity contribution in [3.05, 3.63) is 76.8 Å². The van der Waals surface area contributed by atoms with E-state index < -0.39 is 0 Å². The van der Waals surface area contributed by atoms with Gasteiger partial charge in [0.1, 0.15) is 5.82 Å². The topological polar surface area (TPSA) is 69.0 Å². The zero-order chi connectivity index (χ0) is 20.3. The number of hydrogen-bond donors (Lipinski definition) is 1. The van der Waals surface area contributed by atoms with Crippen molar-refractivity contribution in [1.29, 1.82) is 0 Å². The summed E-state index contributed by atoms with van der Waals surface area (Å²) in [6.07, 6.45) is 3.05. The SMILES string of the molecule is O=C(NCC1(c2ccccc2Cl)CCOCC1)c1cn(-c2ccc(F)cc2)nn1. The number of amides is 1. The number of carbonyl (C=O) groups is 1. The molecule has 1 amide bonds. The maximum Gasteiger partial charge on any atom is 0.273 e. The van der Waals surface area contributed by atoms with Gasteiger partial charge in [0.05, 0.1) is 11.9 Å². The van der Waals surface area contributed by atoms with E-state index >= 15 is 0 Å². The standard InChI is InChI=1S/C21H20ClFN4O2/c22-18-4-2-1-3-17(18)21(9-11-29-12-10-21)14-24-20(28)19-13-27(26-25-19)16-7-5-15(23)6-8-16/h1-8,13H,9-12,14H2,(H,24,28). The minimum absolute atomic E-state index is 0.190. The van der Waals surface area contributed by atoms with Gasteiger partial charge in [-0.2, -0.15) is 0 Å². The molecule has 0 saturated carbocycles. The van der Waals surface area contributed by atoms with Crippen LogP contribution < -0.4 is 5.32 Å². The number of halogens is 2. The van der Waals surface area contributed by atoms with Crippen LogP contribution in [-0.4, -0.2) is 40.7 Å². The van der Waals surface area contributed by atoms with Gasteiger partial charge in [0.2, 0.25) is 0 Å². The van der Waals surface area contributed by atoms with Gasteiger partial charge in [-0.05, 0) is 48.7 Å². The molecule has 8 heteroatoms. The Bertz CT molecular complexity index is 1000. The third-order valence-corrected chi connectivity index (χ3v) is 5.63. The van der Waals surface area contributed by atoms with E-state index in [-0.39, 0.29) is 22.8 Å². The molecule has 0 bridgehead atoms. The summed E-state index contributed by atoms with van der Waals surface area (Å²) < 4.78 is 20.1. The molecular formula is C21H20ClFN4O2. The quantitative estimate of drug-likeness (QED) is 0.693. The van der Waals surface area contributed by atoms with E-state index in [1.165, 1.54) is 23.0 Å². The highest BCUT2D eigenvalue weighted by molar-refractivity contribution is 6.31. The van der Waals surface area contributed by atoms with Crippen molar-refractivity contribution in [2.45, 2.75) is 18.3 Å². The highest BCUT2D eigenvalue weighted by atomic mass is 35.5. The van der Waals surface area contributed by atoms with Crippen LogP contribution in [-0.2, 0) is 10.2 Å². The largest absolute Gasteiger partial charge is 0.381 e. The molecule has 1 aromatic heterocycles. The van der Waals surface area contributed by atoms with Gasteiger partial charge in [0.15, 0.2) is 5.69 Å². The molecule has 1 fully saturated rings. The molecule has 150 valence electrons. The fourth-order valence-electron chi connectivity index (χ4n) is 3.62. The van der Waals surface area contributed by atoms with Crippen molar-refractivity contribution in [1.82, 2.24) is 20.3 Å². The van der Waals surface area contributed by atoms with E-state index in [2.05, 4.69) is 15.6 Å². The fourth-order valence-corrected chi connectivity index (χ4v) is 3.96. The molecule has 29 heavy (non-hydrogen) atoms. The van der Waals surface area contributed by atoms with Crippen LogP contribution in [0.5, 0.6) is 0 Å². The van der Waals surface area contributed by atoms with Gasteiger partial charge in [-0.25, -0.2) is 9.07 Å². The van der Waals surface area contributed by atoms with E-state index in [0.29, 0.717) is 30.5 Å². The predicted octanol–water partition coefficient (Wildman–Crippen LogP) is 3.54. The first-order valence-electron chi connectivity index (χ1n) is 9.37. The number of nitrogens with zero attached hydrogens (tertiary/aromatic N) is 3. The van der Waals surface area contributed by atoms with Crippen molar-refractivity contribution in [3.8, 4) is 5.69 Å². The van der Waals surface area contributed by atoms with E-state index in [1.54, 1.807) is 12.1 Å². The van der Waals surface area contributed by atoms with Gasteiger partial charge >= 0.3 is 0 Å². The number of hydrogen-bond acceptors (Lipinski definition) is 4. The van der Waals surface area contributed by atoms with E-state index in [9.17, 15) is 9.18 Å². The van der Waals surface area contributed by atoms with Gasteiger partial charge in [-0.1, -0.05) is 35.0 Å². The molecule has 1 aliphatic heterocycles. The van der Waals surface area contributed by atoms with Crippen LogP contribution in [0, 0.1) is 5.82 Å². The molecule has 2 aromatic carbocycles. The Morgan fingerprint density at radius 3 is 2.62 bits per heavy atom. The molecule has 2 heterocycles. The average Bonchev–Trinajstić information content (AvgIpc) is 3.24. The van der Waals surface area contributed by atoms with Gasteiger partial charge in [0, 0.05) is 30.2 Å². The summed E-state index contributed by atoms with van der Waals surface area (Å²) in [7, 11) is 0. The summed E-state index contributed by atoms with van der Waals surface area (Å²) >= 11 is 6.46. The van der Waals surface area contributed by atoms with Crippen LogP contribution in [0.3, 0.4) is 0 Å². The Labute approximate surface area is 172 Å². The van der Waals surface area contributed by atoms with E-state index in [0.717, 1.165) is 18.4 Å². The molecule has 6 nitrogen and oxygen atoms in total. The lowest BCUT2D eigenvalue weighted by molar-refractivity contribution is 0.0487. The van der Waals surface area contributed by atoms with Crippen LogP contribution in [0.25, 0.3) is 5.69 Å². The lowest BCUT2D eigenvalue weighted by Gasteiger charge is -2.38. The van der Waals surface area contributed by atoms with Crippen molar-refractivity contribution in [3.63, 3.8) is 0 Å². The maximum atomic E-state index is 13.1. The smallest absolute Gasteiger partial charge is 0.273 e. The van der Waals surface area contributed by atoms with Gasteiger partial charge in [0.25, 0.3) is 5.91 Å². The first kappa shape index (κ1) is 19.5. The molecular weight excluding hydrogens is 395 g/mol. The molecule has 1 aliphatic rings. The summed E-state index contributed by atoms with van der Waals surface area (Å²) in [5, 5.41) is 11.6. The molecule has 0 unspecified atom stereocenters. The van der Waals surface area contributed by atoms with Crippen molar-refractivity contribution in [2.24, 2.45) is 0 Å². The number of ether oxygens (including phenoxy) is 1. The molecule has 1 N–H and O–H groups in total. The third-order valence-electron chi connectivity index (χ3n) is 5.30. The normalized spacial score (nSPS) is 15.8. The molecule has 0 radical (unpaired) electrons. The summed E-state index contributed by atoms with van der Waals surface area (Å²) in [6.45, 7) is 1.64. The zero-order valence-electron chi connectivity index (χ0n) is 15.6. The summed E-state index contributed by atoms with van der Waals surface area (Å²) in [4.78, 5) is 12.7. The molecule has 0 aliphatic carbocycles. The summed E-state index contributed by atoms with van der Waals surface area (Å²) in [5.74, 6) is -0.663.